The Labute approximate surface area is 171 Å². The van der Waals surface area contributed by atoms with E-state index in [-0.39, 0.29) is 47.9 Å². The number of amides is 1. The largest absolute Gasteiger partial charge is 0.469 e. The van der Waals surface area contributed by atoms with Crippen molar-refractivity contribution in [3.05, 3.63) is 23.3 Å². The van der Waals surface area contributed by atoms with Gasteiger partial charge in [0.25, 0.3) is 0 Å². The molecule has 3 aliphatic heterocycles. The minimum absolute atomic E-state index is 0.00158. The summed E-state index contributed by atoms with van der Waals surface area (Å²) in [6.07, 6.45) is 7.43. The van der Waals surface area contributed by atoms with Gasteiger partial charge in [0.15, 0.2) is 5.78 Å². The zero-order valence-electron chi connectivity index (χ0n) is 17.1. The van der Waals surface area contributed by atoms with Crippen molar-refractivity contribution in [2.45, 2.75) is 39.0 Å². The molecule has 1 amide bonds. The monoisotopic (exact) mass is 399 g/mol. The lowest BCUT2D eigenvalue weighted by Gasteiger charge is -2.56. The van der Waals surface area contributed by atoms with Gasteiger partial charge in [0, 0.05) is 24.4 Å². The molecule has 4 bridgehead atoms. The van der Waals surface area contributed by atoms with Crippen LogP contribution in [0.25, 0.3) is 0 Å². The van der Waals surface area contributed by atoms with Crippen LogP contribution in [0.3, 0.4) is 0 Å². The van der Waals surface area contributed by atoms with E-state index < -0.39 is 10.8 Å². The molecule has 0 aromatic heterocycles. The van der Waals surface area contributed by atoms with Gasteiger partial charge in [0.2, 0.25) is 5.91 Å². The molecule has 0 aromatic rings. The summed E-state index contributed by atoms with van der Waals surface area (Å²) in [7, 11) is 1.41. The molecule has 1 N–H and O–H groups in total. The van der Waals surface area contributed by atoms with Crippen LogP contribution in [0.5, 0.6) is 0 Å². The number of aliphatic hydroxyl groups is 1. The smallest absolute Gasteiger partial charge is 0.309 e. The number of nitrogens with zero attached hydrogens (tertiary/aromatic N) is 1. The molecule has 6 aliphatic rings. The van der Waals surface area contributed by atoms with E-state index in [4.69, 9.17) is 4.74 Å². The molecular weight excluding hydrogens is 370 g/mol. The third-order valence-electron chi connectivity index (χ3n) is 8.68. The van der Waals surface area contributed by atoms with E-state index >= 15 is 0 Å². The first-order valence-electron chi connectivity index (χ1n) is 10.8. The molecule has 1 spiro atoms. The Balaban J connectivity index is 1.79. The van der Waals surface area contributed by atoms with Crippen LogP contribution in [0.4, 0.5) is 0 Å². The quantitative estimate of drug-likeness (QED) is 0.566. The number of esters is 1. The number of hydrogen-bond donors (Lipinski definition) is 1. The molecule has 3 aliphatic carbocycles. The highest BCUT2D eigenvalue weighted by Gasteiger charge is 2.72. The summed E-state index contributed by atoms with van der Waals surface area (Å²) in [5.74, 6) is -0.812. The Morgan fingerprint density at radius 1 is 1.28 bits per heavy atom. The fourth-order valence-corrected chi connectivity index (χ4v) is 7.37. The van der Waals surface area contributed by atoms with Crippen LogP contribution in [0.2, 0.25) is 0 Å². The number of allylic oxidation sites excluding steroid dienone is 2. The van der Waals surface area contributed by atoms with Crippen LogP contribution >= 0.6 is 0 Å². The zero-order valence-corrected chi connectivity index (χ0v) is 17.1. The Morgan fingerprint density at radius 2 is 2.03 bits per heavy atom. The summed E-state index contributed by atoms with van der Waals surface area (Å²) in [5.41, 5.74) is 0.648. The Bertz CT molecular complexity index is 859. The number of rotatable bonds is 2. The number of fused-ring (bicyclic) bond motifs is 3. The van der Waals surface area contributed by atoms with Crippen LogP contribution < -0.4 is 0 Å². The first-order valence-corrected chi connectivity index (χ1v) is 10.8. The van der Waals surface area contributed by atoms with Crippen LogP contribution in [0.1, 0.15) is 39.0 Å². The maximum Gasteiger partial charge on any atom is 0.309 e. The molecule has 0 radical (unpaired) electrons. The van der Waals surface area contributed by atoms with Gasteiger partial charge in [-0.05, 0) is 50.0 Å². The summed E-state index contributed by atoms with van der Waals surface area (Å²) in [5, 5.41) is 10.8. The molecule has 1 saturated carbocycles. The van der Waals surface area contributed by atoms with E-state index in [2.05, 4.69) is 0 Å². The summed E-state index contributed by atoms with van der Waals surface area (Å²) in [6.45, 7) is 2.64. The van der Waals surface area contributed by atoms with Crippen molar-refractivity contribution in [2.75, 3.05) is 26.8 Å². The first kappa shape index (κ1) is 19.0. The highest BCUT2D eigenvalue weighted by atomic mass is 16.5. The van der Waals surface area contributed by atoms with Gasteiger partial charge in [-0.25, -0.2) is 0 Å². The van der Waals surface area contributed by atoms with E-state index in [9.17, 15) is 19.5 Å². The van der Waals surface area contributed by atoms with Gasteiger partial charge in [-0.15, -0.1) is 0 Å². The minimum atomic E-state index is -0.933. The second kappa shape index (κ2) is 6.27. The van der Waals surface area contributed by atoms with E-state index in [0.717, 1.165) is 31.3 Å². The topological polar surface area (TPSA) is 83.9 Å². The average Bonchev–Trinajstić information content (AvgIpc) is 3.28. The molecule has 0 aromatic carbocycles. The number of carbonyl (C=O) groups is 3. The van der Waals surface area contributed by atoms with Crippen molar-refractivity contribution >= 4 is 17.7 Å². The Morgan fingerprint density at radius 3 is 2.76 bits per heavy atom. The molecule has 0 unspecified atom stereocenters. The van der Waals surface area contributed by atoms with Gasteiger partial charge in [-0.2, -0.15) is 0 Å². The average molecular weight is 399 g/mol. The lowest BCUT2D eigenvalue weighted by molar-refractivity contribution is -0.164. The fraction of sp³-hybridized carbons (Fsp3) is 0.696. The molecule has 1 saturated heterocycles. The van der Waals surface area contributed by atoms with Crippen molar-refractivity contribution < 1.29 is 24.2 Å². The lowest BCUT2D eigenvalue weighted by Crippen LogP contribution is -2.64. The Hall–Kier alpha value is -1.95. The number of aliphatic hydroxyl groups excluding tert-OH is 1. The summed E-state index contributed by atoms with van der Waals surface area (Å²) in [6, 6.07) is 0. The van der Waals surface area contributed by atoms with Gasteiger partial charge in [0.05, 0.1) is 25.0 Å². The maximum absolute atomic E-state index is 14.2. The molecule has 2 fully saturated rings. The second-order valence-corrected chi connectivity index (χ2v) is 9.68. The molecule has 156 valence electrons. The van der Waals surface area contributed by atoms with Crippen LogP contribution in [0, 0.1) is 34.5 Å². The fourth-order valence-electron chi connectivity index (χ4n) is 7.37. The van der Waals surface area contributed by atoms with Gasteiger partial charge >= 0.3 is 5.97 Å². The van der Waals surface area contributed by atoms with Gasteiger partial charge in [-0.1, -0.05) is 24.1 Å². The Kier molecular flexibility index (Phi) is 4.12. The van der Waals surface area contributed by atoms with E-state index in [0.29, 0.717) is 19.5 Å². The first-order chi connectivity index (χ1) is 13.9. The lowest BCUT2D eigenvalue weighted by atomic mass is 9.52. The summed E-state index contributed by atoms with van der Waals surface area (Å²) < 4.78 is 5.13. The normalized spacial score (nSPS) is 44.2. The summed E-state index contributed by atoms with van der Waals surface area (Å²) in [4.78, 5) is 41.4. The number of piperidine rings is 1. The second-order valence-electron chi connectivity index (χ2n) is 9.68. The number of methoxy groups -OCH3 is 1. The van der Waals surface area contributed by atoms with Gasteiger partial charge in [-0.3, -0.25) is 14.4 Å². The SMILES string of the molecule is COC(=O)[C@@H]1C[C@@]23C(=O)N4C[C@@H](CCC5=C2[C@@H]1CC5)[C@]3(CO)/C=C\C(=O)[C@@H](C)C4. The highest BCUT2D eigenvalue weighted by Crippen LogP contribution is 2.70. The van der Waals surface area contributed by atoms with Crippen molar-refractivity contribution in [3.8, 4) is 0 Å². The minimum Gasteiger partial charge on any atom is -0.469 e. The number of hydrogen-bond acceptors (Lipinski definition) is 5. The zero-order chi connectivity index (χ0) is 20.6. The van der Waals surface area contributed by atoms with Crippen LogP contribution in [-0.2, 0) is 19.1 Å². The molecule has 6 nitrogen and oxygen atoms in total. The number of ether oxygens (including phenoxy) is 1. The van der Waals surface area contributed by atoms with Crippen LogP contribution in [0.15, 0.2) is 23.3 Å². The third kappa shape index (κ3) is 2.18. The molecular formula is C23H29NO5. The molecule has 6 atom stereocenters. The predicted octanol–water partition coefficient (Wildman–Crippen LogP) is 1.88. The van der Waals surface area contributed by atoms with E-state index in [1.54, 1.807) is 6.08 Å². The van der Waals surface area contributed by atoms with Crippen molar-refractivity contribution in [1.82, 2.24) is 4.90 Å². The number of carbonyl (C=O) groups excluding carboxylic acids is 3. The predicted molar refractivity (Wildman–Crippen MR) is 104 cm³/mol. The maximum atomic E-state index is 14.2. The van der Waals surface area contributed by atoms with Crippen molar-refractivity contribution in [1.29, 1.82) is 0 Å². The van der Waals surface area contributed by atoms with Gasteiger partial charge in [0.1, 0.15) is 0 Å². The molecule has 6 rings (SSSR count). The molecule has 3 heterocycles. The van der Waals surface area contributed by atoms with E-state index in [1.807, 2.05) is 17.9 Å². The van der Waals surface area contributed by atoms with Crippen molar-refractivity contribution in [3.63, 3.8) is 0 Å². The standard InChI is InChI=1S/C23H29NO5/c1-13-10-24-11-15-5-3-14-4-6-16-17(20(27)29-2)9-23(19(14)16,21(24)28)22(15,12-25)8-7-18(13)26/h7-8,13,15-17,25H,3-6,9-12H2,1-2H3/b8-7-/t13-,15+,16+,17+,22+,23-/m0/s1. The summed E-state index contributed by atoms with van der Waals surface area (Å²) >= 11 is 0. The molecule has 6 heteroatoms. The van der Waals surface area contributed by atoms with E-state index in [1.165, 1.54) is 12.7 Å². The highest BCUT2D eigenvalue weighted by molar-refractivity contribution is 5.96. The molecule has 29 heavy (non-hydrogen) atoms. The van der Waals surface area contributed by atoms with Crippen molar-refractivity contribution in [2.24, 2.45) is 34.5 Å². The number of ketones is 1. The van der Waals surface area contributed by atoms with Gasteiger partial charge < -0.3 is 14.7 Å². The third-order valence-corrected chi connectivity index (χ3v) is 8.68. The van der Waals surface area contributed by atoms with Crippen LogP contribution in [-0.4, -0.2) is 54.5 Å².